The van der Waals surface area contributed by atoms with Crippen molar-refractivity contribution in [2.24, 2.45) is 17.8 Å². The lowest BCUT2D eigenvalue weighted by atomic mass is 9.78. The highest BCUT2D eigenvalue weighted by atomic mass is 32.1. The molecule has 2 fully saturated rings. The van der Waals surface area contributed by atoms with E-state index in [1.54, 1.807) is 11.3 Å². The van der Waals surface area contributed by atoms with Crippen molar-refractivity contribution in [3.8, 4) is 0 Å². The van der Waals surface area contributed by atoms with Crippen molar-refractivity contribution < 1.29 is 14.7 Å². The molecule has 4 atom stereocenters. The number of hydrogen-bond donors (Lipinski definition) is 2. The summed E-state index contributed by atoms with van der Waals surface area (Å²) in [7, 11) is 2.12. The number of nitrogens with one attached hydrogen (secondary N) is 1. The van der Waals surface area contributed by atoms with Crippen molar-refractivity contribution in [1.29, 1.82) is 0 Å². The number of likely N-dealkylation sites (N-methyl/N-ethyl adjacent to an activating group) is 1. The van der Waals surface area contributed by atoms with Gasteiger partial charge in [0.25, 0.3) is 0 Å². The Labute approximate surface area is 147 Å². The summed E-state index contributed by atoms with van der Waals surface area (Å²) >= 11 is 1.78. The van der Waals surface area contributed by atoms with Gasteiger partial charge in [0.15, 0.2) is 0 Å². The fourth-order valence-electron chi connectivity index (χ4n) is 4.22. The number of carboxylic acids is 1. The van der Waals surface area contributed by atoms with E-state index in [-0.39, 0.29) is 11.8 Å². The molecule has 1 amide bonds. The Bertz CT molecular complexity index is 575. The van der Waals surface area contributed by atoms with E-state index in [1.165, 1.54) is 4.88 Å². The van der Waals surface area contributed by atoms with E-state index in [0.29, 0.717) is 31.2 Å². The molecule has 1 aromatic heterocycles. The second kappa shape index (κ2) is 7.66. The molecule has 2 unspecified atom stereocenters. The number of carboxylic acid groups (broad SMARTS) is 1. The summed E-state index contributed by atoms with van der Waals surface area (Å²) in [5.74, 6) is -0.927. The molecule has 1 aliphatic heterocycles. The highest BCUT2D eigenvalue weighted by Gasteiger charge is 2.37. The van der Waals surface area contributed by atoms with Crippen LogP contribution in [-0.4, -0.2) is 48.6 Å². The van der Waals surface area contributed by atoms with E-state index in [9.17, 15) is 14.7 Å². The van der Waals surface area contributed by atoms with Gasteiger partial charge in [0.05, 0.1) is 11.8 Å². The molecule has 1 saturated heterocycles. The van der Waals surface area contributed by atoms with Crippen LogP contribution >= 0.6 is 11.3 Å². The first kappa shape index (κ1) is 17.4. The van der Waals surface area contributed by atoms with Crippen molar-refractivity contribution in [2.45, 2.75) is 31.6 Å². The molecule has 0 bridgehead atoms. The van der Waals surface area contributed by atoms with Gasteiger partial charge in [-0.1, -0.05) is 18.9 Å². The monoisotopic (exact) mass is 350 g/mol. The molecular weight excluding hydrogens is 324 g/mol. The summed E-state index contributed by atoms with van der Waals surface area (Å²) in [5, 5.41) is 14.5. The van der Waals surface area contributed by atoms with Crippen LogP contribution in [0.5, 0.6) is 0 Å². The Balaban J connectivity index is 1.59. The molecule has 3 rings (SSSR count). The number of carbonyl (C=O) groups excluding carboxylic acids is 1. The third-order valence-electron chi connectivity index (χ3n) is 5.49. The minimum Gasteiger partial charge on any atom is -0.481 e. The largest absolute Gasteiger partial charge is 0.481 e. The number of thiophene rings is 1. The van der Waals surface area contributed by atoms with E-state index >= 15 is 0 Å². The van der Waals surface area contributed by atoms with Gasteiger partial charge >= 0.3 is 5.97 Å². The molecule has 1 aliphatic carbocycles. The number of rotatable bonds is 5. The number of amides is 1. The lowest BCUT2D eigenvalue weighted by Crippen LogP contribution is -2.42. The van der Waals surface area contributed by atoms with Crippen molar-refractivity contribution in [2.75, 3.05) is 26.7 Å². The van der Waals surface area contributed by atoms with E-state index in [1.807, 2.05) is 0 Å². The number of aliphatic carboxylic acids is 1. The minimum absolute atomic E-state index is 0.0680. The van der Waals surface area contributed by atoms with Crippen LogP contribution in [-0.2, 0) is 9.59 Å². The molecule has 1 aromatic rings. The normalized spacial score (nSPS) is 31.0. The zero-order valence-electron chi connectivity index (χ0n) is 14.1. The van der Waals surface area contributed by atoms with E-state index in [4.69, 9.17) is 0 Å². The number of carbonyl (C=O) groups is 2. The second-order valence-corrected chi connectivity index (χ2v) is 8.16. The minimum atomic E-state index is -0.827. The molecule has 0 aromatic carbocycles. The summed E-state index contributed by atoms with van der Waals surface area (Å²) in [4.78, 5) is 27.6. The molecule has 0 spiro atoms. The van der Waals surface area contributed by atoms with Crippen LogP contribution in [0.3, 0.4) is 0 Å². The predicted octanol–water partition coefficient (Wildman–Crippen LogP) is 2.40. The van der Waals surface area contributed by atoms with Crippen molar-refractivity contribution in [3.63, 3.8) is 0 Å². The average molecular weight is 350 g/mol. The molecule has 5 nitrogen and oxygen atoms in total. The Morgan fingerprint density at radius 1 is 1.29 bits per heavy atom. The van der Waals surface area contributed by atoms with Gasteiger partial charge in [-0.2, -0.15) is 0 Å². The summed E-state index contributed by atoms with van der Waals surface area (Å²) in [6, 6.07) is 4.25. The Morgan fingerprint density at radius 2 is 2.04 bits per heavy atom. The molecular formula is C18H26N2O3S. The number of nitrogens with zero attached hydrogens (tertiary/aromatic N) is 1. The summed E-state index contributed by atoms with van der Waals surface area (Å²) in [6.45, 7) is 2.62. The lowest BCUT2D eigenvalue weighted by Gasteiger charge is -2.28. The SMILES string of the molecule is CN1CC(CNC(=O)[C@H]2CCCC[C@H]2C(=O)O)C(c2cccs2)C1. The number of hydrogen-bond acceptors (Lipinski definition) is 4. The zero-order valence-corrected chi connectivity index (χ0v) is 14.9. The maximum Gasteiger partial charge on any atom is 0.307 e. The van der Waals surface area contributed by atoms with Crippen LogP contribution in [0, 0.1) is 17.8 Å². The first-order valence-corrected chi connectivity index (χ1v) is 9.66. The van der Waals surface area contributed by atoms with Crippen LogP contribution < -0.4 is 5.32 Å². The third-order valence-corrected chi connectivity index (χ3v) is 6.49. The van der Waals surface area contributed by atoms with E-state index < -0.39 is 11.9 Å². The summed E-state index contributed by atoms with van der Waals surface area (Å²) in [6.07, 6.45) is 3.18. The lowest BCUT2D eigenvalue weighted by molar-refractivity contribution is -0.148. The van der Waals surface area contributed by atoms with Gasteiger partial charge in [0.2, 0.25) is 5.91 Å². The maximum atomic E-state index is 12.6. The maximum absolute atomic E-state index is 12.6. The van der Waals surface area contributed by atoms with Crippen molar-refractivity contribution >= 4 is 23.2 Å². The molecule has 2 N–H and O–H groups in total. The van der Waals surface area contributed by atoms with Crippen molar-refractivity contribution in [3.05, 3.63) is 22.4 Å². The smallest absolute Gasteiger partial charge is 0.307 e. The van der Waals surface area contributed by atoms with E-state index in [2.05, 4.69) is 34.8 Å². The molecule has 1 saturated carbocycles. The topological polar surface area (TPSA) is 69.6 Å². The van der Waals surface area contributed by atoms with Gasteiger partial charge in [-0.25, -0.2) is 0 Å². The van der Waals surface area contributed by atoms with Gasteiger partial charge in [-0.05, 0) is 37.3 Å². The fraction of sp³-hybridized carbons (Fsp3) is 0.667. The molecule has 0 radical (unpaired) electrons. The standard InChI is InChI=1S/C18H26N2O3S/c1-20-10-12(15(11-20)16-7-4-8-24-16)9-19-17(21)13-5-2-3-6-14(13)18(22)23/h4,7-8,12-15H,2-3,5-6,9-11H2,1H3,(H,19,21)(H,22,23)/t12?,13-,14+,15?/m0/s1. The first-order valence-electron chi connectivity index (χ1n) is 8.78. The number of likely N-dealkylation sites (tertiary alicyclic amines) is 1. The van der Waals surface area contributed by atoms with Crippen LogP contribution in [0.1, 0.15) is 36.5 Å². The van der Waals surface area contributed by atoms with Gasteiger partial charge in [-0.3, -0.25) is 9.59 Å². The second-order valence-electron chi connectivity index (χ2n) is 7.18. The van der Waals surface area contributed by atoms with Gasteiger partial charge in [0, 0.05) is 30.4 Å². The van der Waals surface area contributed by atoms with Crippen LogP contribution in [0.25, 0.3) is 0 Å². The first-order chi connectivity index (χ1) is 11.6. The zero-order chi connectivity index (χ0) is 17.1. The van der Waals surface area contributed by atoms with Crippen LogP contribution in [0.2, 0.25) is 0 Å². The van der Waals surface area contributed by atoms with Gasteiger partial charge < -0.3 is 15.3 Å². The van der Waals surface area contributed by atoms with E-state index in [0.717, 1.165) is 25.9 Å². The molecule has 6 heteroatoms. The highest BCUT2D eigenvalue weighted by Crippen LogP contribution is 2.35. The Morgan fingerprint density at radius 3 is 2.71 bits per heavy atom. The average Bonchev–Trinajstić information content (AvgIpc) is 3.21. The van der Waals surface area contributed by atoms with Crippen LogP contribution in [0.15, 0.2) is 17.5 Å². The Hall–Kier alpha value is -1.40. The van der Waals surface area contributed by atoms with Gasteiger partial charge in [-0.15, -0.1) is 11.3 Å². The Kier molecular flexibility index (Phi) is 5.56. The summed E-state index contributed by atoms with van der Waals surface area (Å²) in [5.41, 5.74) is 0. The molecule has 2 heterocycles. The molecule has 132 valence electrons. The predicted molar refractivity (Wildman–Crippen MR) is 94.1 cm³/mol. The molecule has 24 heavy (non-hydrogen) atoms. The quantitative estimate of drug-likeness (QED) is 0.855. The van der Waals surface area contributed by atoms with Crippen molar-refractivity contribution in [1.82, 2.24) is 10.2 Å². The summed E-state index contributed by atoms with van der Waals surface area (Å²) < 4.78 is 0. The van der Waals surface area contributed by atoms with Gasteiger partial charge in [0.1, 0.15) is 0 Å². The fourth-order valence-corrected chi connectivity index (χ4v) is 5.13. The highest BCUT2D eigenvalue weighted by molar-refractivity contribution is 7.10. The molecule has 2 aliphatic rings. The van der Waals surface area contributed by atoms with Crippen LogP contribution in [0.4, 0.5) is 0 Å². The third kappa shape index (κ3) is 3.81.